The molecule has 0 aromatic carbocycles. The van der Waals surface area contributed by atoms with Gasteiger partial charge in [0.2, 0.25) is 5.91 Å². The van der Waals surface area contributed by atoms with Crippen LogP contribution in [0.2, 0.25) is 0 Å². The van der Waals surface area contributed by atoms with E-state index in [2.05, 4.69) is 25.7 Å². The number of amides is 2. The number of hydrogen-bond donors (Lipinski definition) is 1. The number of hydrogen-bond acceptors (Lipinski definition) is 6. The molecule has 4 rings (SSSR count). The second-order valence-electron chi connectivity index (χ2n) is 7.09. The fraction of sp³-hybridized carbons (Fsp3) is 0.625. The van der Waals surface area contributed by atoms with Crippen molar-refractivity contribution in [2.75, 3.05) is 26.2 Å². The Hall–Kier alpha value is -2.78. The van der Waals surface area contributed by atoms with E-state index in [0.717, 1.165) is 32.4 Å². The normalized spacial score (nSPS) is 20.0. The Bertz CT molecular complexity index is 791. The number of tetrazole rings is 1. The van der Waals surface area contributed by atoms with Crippen LogP contribution in [0.5, 0.6) is 0 Å². The first kappa shape index (κ1) is 16.7. The van der Waals surface area contributed by atoms with Crippen molar-refractivity contribution in [2.45, 2.75) is 32.6 Å². The van der Waals surface area contributed by atoms with Crippen molar-refractivity contribution >= 4 is 11.8 Å². The van der Waals surface area contributed by atoms with Gasteiger partial charge in [-0.25, -0.2) is 0 Å². The number of rotatable bonds is 3. The lowest BCUT2D eigenvalue weighted by molar-refractivity contribution is -0.138. The summed E-state index contributed by atoms with van der Waals surface area (Å²) in [6, 6.07) is 0. The molecule has 0 bridgehead atoms. The summed E-state index contributed by atoms with van der Waals surface area (Å²) in [5.41, 5.74) is 0.609. The van der Waals surface area contributed by atoms with Gasteiger partial charge in [-0.05, 0) is 42.0 Å². The lowest BCUT2D eigenvalue weighted by Gasteiger charge is -2.47. The summed E-state index contributed by atoms with van der Waals surface area (Å²) in [5, 5.41) is 17.8. The van der Waals surface area contributed by atoms with Gasteiger partial charge >= 0.3 is 0 Å². The van der Waals surface area contributed by atoms with Crippen LogP contribution in [0.4, 0.5) is 0 Å². The molecule has 1 spiro atoms. The summed E-state index contributed by atoms with van der Waals surface area (Å²) in [7, 11) is 0. The molecule has 2 aliphatic heterocycles. The van der Waals surface area contributed by atoms with Gasteiger partial charge in [0.05, 0.1) is 6.20 Å². The third kappa shape index (κ3) is 2.85. The summed E-state index contributed by atoms with van der Waals surface area (Å²) in [5.74, 6) is 0.653. The summed E-state index contributed by atoms with van der Waals surface area (Å²) in [6.45, 7) is 4.96. The number of aromatic amines is 1. The number of likely N-dealkylation sites (tertiary alicyclic amines) is 2. The van der Waals surface area contributed by atoms with Crippen molar-refractivity contribution in [1.82, 2.24) is 40.2 Å². The van der Waals surface area contributed by atoms with E-state index in [1.807, 2.05) is 16.7 Å². The lowest BCUT2D eigenvalue weighted by Crippen LogP contribution is -2.52. The Kier molecular flexibility index (Phi) is 4.17. The predicted molar refractivity (Wildman–Crippen MR) is 90.4 cm³/mol. The molecule has 2 fully saturated rings. The second kappa shape index (κ2) is 6.50. The molecule has 0 saturated carbocycles. The van der Waals surface area contributed by atoms with E-state index >= 15 is 0 Å². The Labute approximate surface area is 150 Å². The minimum atomic E-state index is -0.0710. The predicted octanol–water partition coefficient (Wildman–Crippen LogP) is 0.250. The molecular weight excluding hydrogens is 336 g/mol. The second-order valence-corrected chi connectivity index (χ2v) is 7.09. The first-order chi connectivity index (χ1) is 12.6. The first-order valence-corrected chi connectivity index (χ1v) is 8.96. The van der Waals surface area contributed by atoms with Crippen LogP contribution in [-0.2, 0) is 4.79 Å². The molecule has 2 aromatic rings. The summed E-state index contributed by atoms with van der Waals surface area (Å²) < 4.78 is 1.40. The number of piperidine rings is 2. The molecule has 10 heteroatoms. The van der Waals surface area contributed by atoms with E-state index in [1.54, 1.807) is 0 Å². The molecule has 2 aromatic heterocycles. The average Bonchev–Trinajstić information content (AvgIpc) is 3.35. The third-order valence-corrected chi connectivity index (χ3v) is 5.67. The largest absolute Gasteiger partial charge is 0.342 e. The zero-order valence-corrected chi connectivity index (χ0v) is 14.8. The van der Waals surface area contributed by atoms with Crippen LogP contribution >= 0.6 is 0 Å². The van der Waals surface area contributed by atoms with Crippen LogP contribution in [-0.4, -0.2) is 78.2 Å². The number of nitrogens with one attached hydrogen (secondary N) is 1. The molecule has 0 aliphatic carbocycles. The van der Waals surface area contributed by atoms with Gasteiger partial charge in [0, 0.05) is 32.6 Å². The lowest BCUT2D eigenvalue weighted by atomic mass is 9.72. The molecule has 10 nitrogen and oxygen atoms in total. The molecule has 26 heavy (non-hydrogen) atoms. The zero-order valence-electron chi connectivity index (χ0n) is 14.8. The molecule has 0 radical (unpaired) electrons. The molecule has 2 aliphatic rings. The standard InChI is InChI=1S/C16H22N8O2/c1-2-22-10-16(4-3-13(22)25)5-7-23(8-6-16)15(26)12-9-17-19-14(12)24-11-18-20-21-24/h9,11H,2-8,10H2,1H3,(H,17,19). The number of aromatic nitrogens is 6. The fourth-order valence-corrected chi connectivity index (χ4v) is 4.03. The highest BCUT2D eigenvalue weighted by Gasteiger charge is 2.41. The minimum absolute atomic E-state index is 0.0710. The van der Waals surface area contributed by atoms with E-state index < -0.39 is 0 Å². The summed E-state index contributed by atoms with van der Waals surface area (Å²) >= 11 is 0. The smallest absolute Gasteiger partial charge is 0.259 e. The number of nitrogens with zero attached hydrogens (tertiary/aromatic N) is 7. The quantitative estimate of drug-likeness (QED) is 0.841. The molecular formula is C16H22N8O2. The maximum absolute atomic E-state index is 12.9. The Morgan fingerprint density at radius 1 is 1.31 bits per heavy atom. The van der Waals surface area contributed by atoms with Gasteiger partial charge in [-0.1, -0.05) is 0 Å². The van der Waals surface area contributed by atoms with Crippen LogP contribution in [0.1, 0.15) is 43.0 Å². The van der Waals surface area contributed by atoms with Gasteiger partial charge in [0.15, 0.2) is 5.82 Å². The van der Waals surface area contributed by atoms with Crippen LogP contribution in [0.15, 0.2) is 12.5 Å². The molecule has 4 heterocycles. The number of carbonyl (C=O) groups is 2. The van der Waals surface area contributed by atoms with Crippen molar-refractivity contribution < 1.29 is 9.59 Å². The van der Waals surface area contributed by atoms with Crippen LogP contribution in [0, 0.1) is 5.41 Å². The van der Waals surface area contributed by atoms with Crippen LogP contribution < -0.4 is 0 Å². The highest BCUT2D eigenvalue weighted by Crippen LogP contribution is 2.40. The van der Waals surface area contributed by atoms with Gasteiger partial charge in [0.1, 0.15) is 11.9 Å². The van der Waals surface area contributed by atoms with E-state index in [0.29, 0.717) is 30.9 Å². The van der Waals surface area contributed by atoms with E-state index in [-0.39, 0.29) is 17.2 Å². The summed E-state index contributed by atoms with van der Waals surface area (Å²) in [6.07, 6.45) is 6.32. The van der Waals surface area contributed by atoms with Crippen molar-refractivity contribution in [3.05, 3.63) is 18.1 Å². The molecule has 0 atom stereocenters. The van der Waals surface area contributed by atoms with E-state index in [1.165, 1.54) is 17.2 Å². The average molecular weight is 358 g/mol. The number of H-pyrrole nitrogens is 1. The maximum Gasteiger partial charge on any atom is 0.259 e. The highest BCUT2D eigenvalue weighted by atomic mass is 16.2. The van der Waals surface area contributed by atoms with Crippen LogP contribution in [0.25, 0.3) is 5.82 Å². The SMILES string of the molecule is CCN1CC2(CCC1=O)CCN(C(=O)c1cn[nH]c1-n1cnnn1)CC2. The Balaban J connectivity index is 1.45. The van der Waals surface area contributed by atoms with Crippen molar-refractivity contribution in [3.8, 4) is 5.82 Å². The van der Waals surface area contributed by atoms with Crippen molar-refractivity contribution in [1.29, 1.82) is 0 Å². The topological polar surface area (TPSA) is 113 Å². The minimum Gasteiger partial charge on any atom is -0.342 e. The van der Waals surface area contributed by atoms with Gasteiger partial charge in [0.25, 0.3) is 5.91 Å². The van der Waals surface area contributed by atoms with E-state index in [9.17, 15) is 9.59 Å². The first-order valence-electron chi connectivity index (χ1n) is 8.96. The fourth-order valence-electron chi connectivity index (χ4n) is 4.03. The van der Waals surface area contributed by atoms with Crippen molar-refractivity contribution in [3.63, 3.8) is 0 Å². The van der Waals surface area contributed by atoms with Gasteiger partial charge in [-0.2, -0.15) is 9.78 Å². The monoisotopic (exact) mass is 358 g/mol. The van der Waals surface area contributed by atoms with Crippen LogP contribution in [0.3, 0.4) is 0 Å². The molecule has 138 valence electrons. The third-order valence-electron chi connectivity index (χ3n) is 5.67. The summed E-state index contributed by atoms with van der Waals surface area (Å²) in [4.78, 5) is 28.7. The van der Waals surface area contributed by atoms with Gasteiger partial charge < -0.3 is 9.80 Å². The zero-order chi connectivity index (χ0) is 18.1. The molecule has 0 unspecified atom stereocenters. The molecule has 2 saturated heterocycles. The van der Waals surface area contributed by atoms with Gasteiger partial charge in [-0.3, -0.25) is 14.7 Å². The maximum atomic E-state index is 12.9. The molecule has 2 amide bonds. The molecule has 1 N–H and O–H groups in total. The Morgan fingerprint density at radius 3 is 2.81 bits per heavy atom. The highest BCUT2D eigenvalue weighted by molar-refractivity contribution is 5.97. The Morgan fingerprint density at radius 2 is 2.12 bits per heavy atom. The van der Waals surface area contributed by atoms with Crippen molar-refractivity contribution in [2.24, 2.45) is 5.41 Å². The number of carbonyl (C=O) groups excluding carboxylic acids is 2. The van der Waals surface area contributed by atoms with Gasteiger partial charge in [-0.15, -0.1) is 5.10 Å². The van der Waals surface area contributed by atoms with E-state index in [4.69, 9.17) is 0 Å².